The molecule has 0 fully saturated rings. The molecular formula is C17H17F2N. The van der Waals surface area contributed by atoms with Gasteiger partial charge in [0.05, 0.1) is 0 Å². The highest BCUT2D eigenvalue weighted by atomic mass is 19.1. The molecule has 1 aliphatic carbocycles. The molecule has 104 valence electrons. The Morgan fingerprint density at radius 1 is 1.00 bits per heavy atom. The van der Waals surface area contributed by atoms with Gasteiger partial charge in [-0.05, 0) is 54.0 Å². The van der Waals surface area contributed by atoms with Gasteiger partial charge in [-0.2, -0.15) is 0 Å². The number of hydrogen-bond donors (Lipinski definition) is 1. The molecule has 0 aromatic heterocycles. The largest absolute Gasteiger partial charge is 0.327 e. The highest BCUT2D eigenvalue weighted by Gasteiger charge is 2.26. The van der Waals surface area contributed by atoms with Crippen LogP contribution in [0.2, 0.25) is 0 Å². The van der Waals surface area contributed by atoms with Crippen molar-refractivity contribution in [1.82, 2.24) is 0 Å². The lowest BCUT2D eigenvalue weighted by Crippen LogP contribution is -2.32. The van der Waals surface area contributed by atoms with Crippen LogP contribution in [0.1, 0.15) is 16.7 Å². The van der Waals surface area contributed by atoms with E-state index in [2.05, 4.69) is 12.1 Å². The van der Waals surface area contributed by atoms with Crippen molar-refractivity contribution in [3.05, 3.63) is 70.8 Å². The highest BCUT2D eigenvalue weighted by Crippen LogP contribution is 2.29. The molecule has 20 heavy (non-hydrogen) atoms. The van der Waals surface area contributed by atoms with E-state index in [9.17, 15) is 8.78 Å². The minimum atomic E-state index is -0.540. The summed E-state index contributed by atoms with van der Waals surface area (Å²) in [4.78, 5) is 0. The fourth-order valence-electron chi connectivity index (χ4n) is 3.06. The Kier molecular flexibility index (Phi) is 3.53. The Labute approximate surface area is 117 Å². The molecule has 2 aromatic carbocycles. The summed E-state index contributed by atoms with van der Waals surface area (Å²) in [5, 5.41) is 0. The molecule has 0 heterocycles. The lowest BCUT2D eigenvalue weighted by molar-refractivity contribution is 0.435. The van der Waals surface area contributed by atoms with Gasteiger partial charge in [-0.15, -0.1) is 0 Å². The van der Waals surface area contributed by atoms with Gasteiger partial charge in [0.2, 0.25) is 0 Å². The van der Waals surface area contributed by atoms with Crippen molar-refractivity contribution in [2.75, 3.05) is 0 Å². The van der Waals surface area contributed by atoms with Gasteiger partial charge in [-0.1, -0.05) is 24.3 Å². The summed E-state index contributed by atoms with van der Waals surface area (Å²) in [6, 6.07) is 11.9. The SMILES string of the molecule is NC(Cc1cc(F)cc(F)c1)C1Cc2ccccc2C1. The third-order valence-electron chi connectivity index (χ3n) is 4.08. The van der Waals surface area contributed by atoms with Gasteiger partial charge in [0.1, 0.15) is 11.6 Å². The van der Waals surface area contributed by atoms with Crippen molar-refractivity contribution in [2.24, 2.45) is 11.7 Å². The molecule has 1 atom stereocenters. The number of rotatable bonds is 3. The number of hydrogen-bond acceptors (Lipinski definition) is 1. The van der Waals surface area contributed by atoms with Gasteiger partial charge < -0.3 is 5.73 Å². The van der Waals surface area contributed by atoms with Crippen LogP contribution in [0, 0.1) is 17.6 Å². The molecule has 2 aromatic rings. The standard InChI is InChI=1S/C17H17F2N/c18-15-5-11(6-16(19)10-15)7-17(20)14-8-12-3-1-2-4-13(12)9-14/h1-6,10,14,17H,7-9,20H2. The zero-order valence-corrected chi connectivity index (χ0v) is 11.2. The minimum absolute atomic E-state index is 0.0800. The molecule has 1 aliphatic rings. The minimum Gasteiger partial charge on any atom is -0.327 e. The van der Waals surface area contributed by atoms with Crippen LogP contribution in [0.25, 0.3) is 0 Å². The average molecular weight is 273 g/mol. The topological polar surface area (TPSA) is 26.0 Å². The summed E-state index contributed by atoms with van der Waals surface area (Å²) in [5.74, 6) is -0.734. The van der Waals surface area contributed by atoms with Crippen molar-refractivity contribution in [2.45, 2.75) is 25.3 Å². The van der Waals surface area contributed by atoms with Crippen molar-refractivity contribution >= 4 is 0 Å². The molecule has 0 radical (unpaired) electrons. The monoisotopic (exact) mass is 273 g/mol. The summed E-state index contributed by atoms with van der Waals surface area (Å²) in [6.45, 7) is 0. The summed E-state index contributed by atoms with van der Waals surface area (Å²) >= 11 is 0. The second kappa shape index (κ2) is 5.33. The smallest absolute Gasteiger partial charge is 0.126 e. The molecule has 3 rings (SSSR count). The zero-order valence-electron chi connectivity index (χ0n) is 11.2. The lowest BCUT2D eigenvalue weighted by Gasteiger charge is -2.19. The van der Waals surface area contributed by atoms with Crippen molar-refractivity contribution in [3.8, 4) is 0 Å². The Morgan fingerprint density at radius 2 is 1.55 bits per heavy atom. The highest BCUT2D eigenvalue weighted by molar-refractivity contribution is 5.33. The van der Waals surface area contributed by atoms with E-state index in [1.54, 1.807) is 0 Å². The number of fused-ring (bicyclic) bond motifs is 1. The normalized spacial score (nSPS) is 16.1. The fourth-order valence-corrected chi connectivity index (χ4v) is 3.06. The quantitative estimate of drug-likeness (QED) is 0.912. The first-order valence-electron chi connectivity index (χ1n) is 6.89. The van der Waals surface area contributed by atoms with E-state index < -0.39 is 11.6 Å². The molecule has 1 nitrogen and oxygen atoms in total. The van der Waals surface area contributed by atoms with E-state index in [1.807, 2.05) is 12.1 Å². The van der Waals surface area contributed by atoms with Gasteiger partial charge in [-0.25, -0.2) is 8.78 Å². The second-order valence-corrected chi connectivity index (χ2v) is 5.58. The van der Waals surface area contributed by atoms with Crippen LogP contribution in [0.3, 0.4) is 0 Å². The maximum Gasteiger partial charge on any atom is 0.126 e. The number of benzene rings is 2. The molecule has 0 saturated heterocycles. The van der Waals surface area contributed by atoms with Crippen LogP contribution in [0.15, 0.2) is 42.5 Å². The fraction of sp³-hybridized carbons (Fsp3) is 0.294. The number of nitrogens with two attached hydrogens (primary N) is 1. The van der Waals surface area contributed by atoms with E-state index in [0.29, 0.717) is 17.9 Å². The van der Waals surface area contributed by atoms with Crippen LogP contribution in [-0.4, -0.2) is 6.04 Å². The molecule has 3 heteroatoms. The summed E-state index contributed by atoms with van der Waals surface area (Å²) < 4.78 is 26.4. The Bertz CT molecular complexity index is 579. The van der Waals surface area contributed by atoms with Crippen LogP contribution < -0.4 is 5.73 Å². The molecule has 0 aliphatic heterocycles. The predicted molar refractivity (Wildman–Crippen MR) is 75.4 cm³/mol. The second-order valence-electron chi connectivity index (χ2n) is 5.58. The van der Waals surface area contributed by atoms with E-state index in [4.69, 9.17) is 5.73 Å². The van der Waals surface area contributed by atoms with Crippen LogP contribution in [-0.2, 0) is 19.3 Å². The summed E-state index contributed by atoms with van der Waals surface area (Å²) in [5.41, 5.74) is 9.57. The van der Waals surface area contributed by atoms with Crippen LogP contribution >= 0.6 is 0 Å². The van der Waals surface area contributed by atoms with Crippen molar-refractivity contribution in [3.63, 3.8) is 0 Å². The van der Waals surface area contributed by atoms with Crippen molar-refractivity contribution in [1.29, 1.82) is 0 Å². The third-order valence-corrected chi connectivity index (χ3v) is 4.08. The van der Waals surface area contributed by atoms with Crippen LogP contribution in [0.4, 0.5) is 8.78 Å². The Balaban J connectivity index is 1.70. The third kappa shape index (κ3) is 2.73. The molecular weight excluding hydrogens is 256 g/mol. The molecule has 0 spiro atoms. The average Bonchev–Trinajstić information content (AvgIpc) is 2.81. The Morgan fingerprint density at radius 3 is 2.10 bits per heavy atom. The van der Waals surface area contributed by atoms with Gasteiger partial charge >= 0.3 is 0 Å². The first-order valence-corrected chi connectivity index (χ1v) is 6.89. The maximum atomic E-state index is 13.2. The molecule has 0 saturated carbocycles. The van der Waals surface area contributed by atoms with Crippen LogP contribution in [0.5, 0.6) is 0 Å². The van der Waals surface area contributed by atoms with Crippen molar-refractivity contribution < 1.29 is 8.78 Å². The summed E-state index contributed by atoms with van der Waals surface area (Å²) in [7, 11) is 0. The van der Waals surface area contributed by atoms with Gasteiger partial charge in [0, 0.05) is 12.1 Å². The lowest BCUT2D eigenvalue weighted by atomic mass is 9.92. The van der Waals surface area contributed by atoms with Gasteiger partial charge in [-0.3, -0.25) is 0 Å². The predicted octanol–water partition coefficient (Wildman–Crippen LogP) is 3.25. The molecule has 0 bridgehead atoms. The van der Waals surface area contributed by atoms with E-state index in [-0.39, 0.29) is 6.04 Å². The molecule has 0 amide bonds. The zero-order chi connectivity index (χ0) is 14.1. The summed E-state index contributed by atoms with van der Waals surface area (Å²) in [6.07, 6.45) is 2.41. The first kappa shape index (κ1) is 13.3. The first-order chi connectivity index (χ1) is 9.61. The number of halogens is 2. The molecule has 2 N–H and O–H groups in total. The Hall–Kier alpha value is -1.74. The molecule has 1 unspecified atom stereocenters. The van der Waals surface area contributed by atoms with E-state index in [0.717, 1.165) is 18.9 Å². The maximum absolute atomic E-state index is 13.2. The van der Waals surface area contributed by atoms with E-state index in [1.165, 1.54) is 23.3 Å². The van der Waals surface area contributed by atoms with E-state index >= 15 is 0 Å². The van der Waals surface area contributed by atoms with Gasteiger partial charge in [0.25, 0.3) is 0 Å². The van der Waals surface area contributed by atoms with Gasteiger partial charge in [0.15, 0.2) is 0 Å².